The maximum Gasteiger partial charge on any atom is 0.344 e. The van der Waals surface area contributed by atoms with Crippen molar-refractivity contribution in [2.45, 2.75) is 13.5 Å². The molecule has 0 radical (unpaired) electrons. The highest BCUT2D eigenvalue weighted by atomic mass is 35.5. The van der Waals surface area contributed by atoms with Crippen LogP contribution in [-0.2, 0) is 6.61 Å². The second kappa shape index (κ2) is 7.70. The molecule has 5 heteroatoms. The molecular formula is C23H16Cl2O3. The molecule has 0 saturated heterocycles. The van der Waals surface area contributed by atoms with Crippen molar-refractivity contribution in [1.29, 1.82) is 0 Å². The summed E-state index contributed by atoms with van der Waals surface area (Å²) in [6, 6.07) is 20.1. The fourth-order valence-corrected chi connectivity index (χ4v) is 3.50. The second-order valence-electron chi connectivity index (χ2n) is 6.47. The zero-order chi connectivity index (χ0) is 19.7. The maximum atomic E-state index is 12.5. The van der Waals surface area contributed by atoms with Gasteiger partial charge in [-0.2, -0.15) is 0 Å². The molecule has 140 valence electrons. The summed E-state index contributed by atoms with van der Waals surface area (Å²) in [6.07, 6.45) is 0. The van der Waals surface area contributed by atoms with Gasteiger partial charge in [0.15, 0.2) is 0 Å². The van der Waals surface area contributed by atoms with Crippen LogP contribution >= 0.6 is 23.2 Å². The highest BCUT2D eigenvalue weighted by molar-refractivity contribution is 6.30. The molecule has 0 aliphatic rings. The van der Waals surface area contributed by atoms with Crippen molar-refractivity contribution in [2.75, 3.05) is 0 Å². The Bertz CT molecular complexity index is 1210. The Kier molecular flexibility index (Phi) is 5.12. The Hall–Kier alpha value is -2.75. The number of rotatable bonds is 4. The average Bonchev–Trinajstić information content (AvgIpc) is 2.68. The molecule has 0 N–H and O–H groups in total. The van der Waals surface area contributed by atoms with Gasteiger partial charge in [-0.3, -0.25) is 0 Å². The van der Waals surface area contributed by atoms with Gasteiger partial charge in [0, 0.05) is 15.4 Å². The molecule has 0 amide bonds. The van der Waals surface area contributed by atoms with E-state index in [2.05, 4.69) is 0 Å². The second-order valence-corrected chi connectivity index (χ2v) is 7.35. The van der Waals surface area contributed by atoms with Crippen molar-refractivity contribution < 1.29 is 9.15 Å². The first-order chi connectivity index (χ1) is 13.5. The molecule has 0 fully saturated rings. The van der Waals surface area contributed by atoms with Gasteiger partial charge in [0.25, 0.3) is 0 Å². The molecule has 3 aromatic carbocycles. The summed E-state index contributed by atoms with van der Waals surface area (Å²) >= 11 is 12.0. The molecule has 1 aromatic heterocycles. The van der Waals surface area contributed by atoms with E-state index >= 15 is 0 Å². The van der Waals surface area contributed by atoms with Gasteiger partial charge >= 0.3 is 5.63 Å². The third-order valence-corrected chi connectivity index (χ3v) is 5.05. The van der Waals surface area contributed by atoms with Gasteiger partial charge in [-0.25, -0.2) is 4.79 Å². The van der Waals surface area contributed by atoms with E-state index in [1.54, 1.807) is 24.3 Å². The van der Waals surface area contributed by atoms with E-state index in [9.17, 15) is 4.79 Å². The Labute approximate surface area is 172 Å². The molecule has 0 unspecified atom stereocenters. The summed E-state index contributed by atoms with van der Waals surface area (Å²) in [5.41, 5.74) is 3.25. The molecular weight excluding hydrogens is 395 g/mol. The van der Waals surface area contributed by atoms with E-state index in [1.807, 2.05) is 49.4 Å². The van der Waals surface area contributed by atoms with Crippen molar-refractivity contribution in [3.8, 4) is 16.9 Å². The summed E-state index contributed by atoms with van der Waals surface area (Å²) in [6.45, 7) is 2.30. The normalized spacial score (nSPS) is 11.0. The van der Waals surface area contributed by atoms with Gasteiger partial charge < -0.3 is 9.15 Å². The predicted molar refractivity (Wildman–Crippen MR) is 113 cm³/mol. The molecule has 0 bridgehead atoms. The number of benzene rings is 3. The van der Waals surface area contributed by atoms with Crippen LogP contribution in [0.2, 0.25) is 10.0 Å². The van der Waals surface area contributed by atoms with Gasteiger partial charge in [0.2, 0.25) is 0 Å². The first-order valence-corrected chi connectivity index (χ1v) is 9.47. The van der Waals surface area contributed by atoms with Gasteiger partial charge in [-0.1, -0.05) is 47.5 Å². The fraction of sp³-hybridized carbons (Fsp3) is 0.0870. The molecule has 0 aliphatic carbocycles. The lowest BCUT2D eigenvalue weighted by molar-refractivity contribution is 0.306. The maximum absolute atomic E-state index is 12.5. The summed E-state index contributed by atoms with van der Waals surface area (Å²) < 4.78 is 11.4. The van der Waals surface area contributed by atoms with Gasteiger partial charge in [0.1, 0.15) is 17.9 Å². The van der Waals surface area contributed by atoms with Crippen LogP contribution in [0.1, 0.15) is 11.1 Å². The largest absolute Gasteiger partial charge is 0.489 e. The van der Waals surface area contributed by atoms with E-state index in [1.165, 1.54) is 0 Å². The van der Waals surface area contributed by atoms with Crippen LogP contribution in [0.3, 0.4) is 0 Å². The standard InChI is InChI=1S/C23H16Cl2O3/c1-14-20-12-19(27-13-15-3-2-4-18(25)11-15)9-10-21(20)28-23(26)22(14)16-5-7-17(24)8-6-16/h2-12H,13H2,1H3. The van der Waals surface area contributed by atoms with Crippen molar-refractivity contribution in [3.63, 3.8) is 0 Å². The number of aryl methyl sites for hydroxylation is 1. The topological polar surface area (TPSA) is 39.4 Å². The third-order valence-electron chi connectivity index (χ3n) is 4.56. The first kappa shape index (κ1) is 18.6. The Balaban J connectivity index is 1.72. The van der Waals surface area contributed by atoms with Crippen LogP contribution in [0.4, 0.5) is 0 Å². The minimum Gasteiger partial charge on any atom is -0.489 e. The molecule has 0 aliphatic heterocycles. The molecule has 3 nitrogen and oxygen atoms in total. The number of fused-ring (bicyclic) bond motifs is 1. The molecule has 0 atom stereocenters. The Morgan fingerprint density at radius 3 is 2.46 bits per heavy atom. The molecule has 0 saturated carbocycles. The minimum atomic E-state index is -0.375. The number of halogens is 2. The molecule has 0 spiro atoms. The highest BCUT2D eigenvalue weighted by Gasteiger charge is 2.14. The SMILES string of the molecule is Cc1c(-c2ccc(Cl)cc2)c(=O)oc2ccc(OCc3cccc(Cl)c3)cc12. The van der Waals surface area contributed by atoms with Gasteiger partial charge in [-0.05, 0) is 66.1 Å². The summed E-state index contributed by atoms with van der Waals surface area (Å²) in [5.74, 6) is 0.687. The van der Waals surface area contributed by atoms with Crippen molar-refractivity contribution in [1.82, 2.24) is 0 Å². The zero-order valence-electron chi connectivity index (χ0n) is 15.0. The van der Waals surface area contributed by atoms with E-state index < -0.39 is 0 Å². The van der Waals surface area contributed by atoms with Gasteiger partial charge in [-0.15, -0.1) is 0 Å². The van der Waals surface area contributed by atoms with Crippen molar-refractivity contribution >= 4 is 34.2 Å². The zero-order valence-corrected chi connectivity index (χ0v) is 16.6. The van der Waals surface area contributed by atoms with Crippen LogP contribution in [0, 0.1) is 6.92 Å². The molecule has 28 heavy (non-hydrogen) atoms. The lowest BCUT2D eigenvalue weighted by Gasteiger charge is -2.11. The van der Waals surface area contributed by atoms with E-state index in [4.69, 9.17) is 32.4 Å². The lowest BCUT2D eigenvalue weighted by Crippen LogP contribution is -2.06. The number of hydrogen-bond donors (Lipinski definition) is 0. The van der Waals surface area contributed by atoms with E-state index in [0.717, 1.165) is 22.1 Å². The quantitative estimate of drug-likeness (QED) is 0.353. The van der Waals surface area contributed by atoms with Crippen molar-refractivity contribution in [2.24, 2.45) is 0 Å². The highest BCUT2D eigenvalue weighted by Crippen LogP contribution is 2.30. The Morgan fingerprint density at radius 2 is 1.71 bits per heavy atom. The summed E-state index contributed by atoms with van der Waals surface area (Å²) in [7, 11) is 0. The van der Waals surface area contributed by atoms with Crippen LogP contribution in [0.25, 0.3) is 22.1 Å². The van der Waals surface area contributed by atoms with Gasteiger partial charge in [0.05, 0.1) is 5.56 Å². The summed E-state index contributed by atoms with van der Waals surface area (Å²) in [5, 5.41) is 2.11. The third kappa shape index (κ3) is 3.77. The van der Waals surface area contributed by atoms with Crippen LogP contribution in [-0.4, -0.2) is 0 Å². The fourth-order valence-electron chi connectivity index (χ4n) is 3.16. The van der Waals surface area contributed by atoms with Crippen LogP contribution in [0.15, 0.2) is 75.9 Å². The summed E-state index contributed by atoms with van der Waals surface area (Å²) in [4.78, 5) is 12.5. The smallest absolute Gasteiger partial charge is 0.344 e. The minimum absolute atomic E-state index is 0.375. The van der Waals surface area contributed by atoms with Crippen molar-refractivity contribution in [3.05, 3.63) is 98.3 Å². The monoisotopic (exact) mass is 410 g/mol. The van der Waals surface area contributed by atoms with E-state index in [-0.39, 0.29) is 5.63 Å². The predicted octanol–water partition coefficient (Wildman–Crippen LogP) is 6.65. The molecule has 4 rings (SSSR count). The lowest BCUT2D eigenvalue weighted by atomic mass is 9.99. The van der Waals surface area contributed by atoms with E-state index in [0.29, 0.717) is 33.5 Å². The van der Waals surface area contributed by atoms with Crippen LogP contribution in [0.5, 0.6) is 5.75 Å². The number of hydrogen-bond acceptors (Lipinski definition) is 3. The Morgan fingerprint density at radius 1 is 0.929 bits per heavy atom. The van der Waals surface area contributed by atoms with Crippen LogP contribution < -0.4 is 10.4 Å². The first-order valence-electron chi connectivity index (χ1n) is 8.72. The average molecular weight is 411 g/mol. The molecule has 1 heterocycles. The number of ether oxygens (including phenoxy) is 1. The molecule has 4 aromatic rings.